The van der Waals surface area contributed by atoms with Gasteiger partial charge in [0.25, 0.3) is 5.69 Å². The first-order chi connectivity index (χ1) is 10.3. The monoisotopic (exact) mass is 324 g/mol. The summed E-state index contributed by atoms with van der Waals surface area (Å²) in [5.74, 6) is -1.34. The smallest absolute Gasteiger partial charge is 0.329 e. The highest BCUT2D eigenvalue weighted by atomic mass is 32.2. The van der Waals surface area contributed by atoms with Crippen LogP contribution in [0, 0.1) is 10.1 Å². The van der Waals surface area contributed by atoms with E-state index in [1.165, 1.54) is 23.9 Å². The Hall–Kier alpha value is -2.09. The zero-order chi connectivity index (χ0) is 16.3. The van der Waals surface area contributed by atoms with Crippen molar-refractivity contribution in [3.63, 3.8) is 0 Å². The van der Waals surface area contributed by atoms with E-state index >= 15 is 0 Å². The highest BCUT2D eigenvalue weighted by Gasteiger charge is 2.46. The summed E-state index contributed by atoms with van der Waals surface area (Å²) in [4.78, 5) is 34.2. The van der Waals surface area contributed by atoms with Crippen LogP contribution in [0.25, 0.3) is 0 Å². The van der Waals surface area contributed by atoms with Crippen molar-refractivity contribution in [2.45, 2.75) is 41.9 Å². The Morgan fingerprint density at radius 1 is 1.36 bits per heavy atom. The number of hydrogen-bond acceptors (Lipinski definition) is 5. The van der Waals surface area contributed by atoms with Gasteiger partial charge in [-0.1, -0.05) is 0 Å². The first-order valence-electron chi connectivity index (χ1n) is 6.80. The van der Waals surface area contributed by atoms with Crippen molar-refractivity contribution in [1.29, 1.82) is 0 Å². The van der Waals surface area contributed by atoms with Gasteiger partial charge in [-0.05, 0) is 38.3 Å². The molecule has 0 bridgehead atoms. The molecule has 1 unspecified atom stereocenters. The molecule has 1 amide bonds. The molecule has 0 aromatic heterocycles. The zero-order valence-corrected chi connectivity index (χ0v) is 12.8. The van der Waals surface area contributed by atoms with E-state index in [4.69, 9.17) is 0 Å². The van der Waals surface area contributed by atoms with Gasteiger partial charge in [-0.3, -0.25) is 14.9 Å². The lowest BCUT2D eigenvalue weighted by molar-refractivity contribution is -0.384. The fraction of sp³-hybridized carbons (Fsp3) is 0.429. The summed E-state index contributed by atoms with van der Waals surface area (Å²) in [5.41, 5.74) is -1.14. The molecule has 7 nitrogen and oxygen atoms in total. The summed E-state index contributed by atoms with van der Waals surface area (Å²) in [6.45, 7) is 1.68. The minimum Gasteiger partial charge on any atom is -0.480 e. The van der Waals surface area contributed by atoms with Crippen molar-refractivity contribution in [2.75, 3.05) is 0 Å². The zero-order valence-electron chi connectivity index (χ0n) is 11.9. The van der Waals surface area contributed by atoms with E-state index in [2.05, 4.69) is 5.32 Å². The summed E-state index contributed by atoms with van der Waals surface area (Å²) in [6, 6.07) is 5.89. The summed E-state index contributed by atoms with van der Waals surface area (Å²) in [6.07, 6.45) is 1.68. The maximum atomic E-state index is 12.1. The molecule has 2 rings (SSSR count). The predicted molar refractivity (Wildman–Crippen MR) is 80.8 cm³/mol. The number of nitro benzene ring substituents is 1. The second kappa shape index (κ2) is 6.35. The summed E-state index contributed by atoms with van der Waals surface area (Å²) in [5, 5.41) is 21.9. The molecule has 1 aliphatic carbocycles. The van der Waals surface area contributed by atoms with Gasteiger partial charge in [0.2, 0.25) is 5.91 Å². The molecule has 1 aliphatic rings. The van der Waals surface area contributed by atoms with Crippen molar-refractivity contribution >= 4 is 29.3 Å². The first kappa shape index (κ1) is 16.3. The topological polar surface area (TPSA) is 110 Å². The fourth-order valence-electron chi connectivity index (χ4n) is 2.16. The molecule has 118 valence electrons. The number of aliphatic carboxylic acids is 1. The van der Waals surface area contributed by atoms with Gasteiger partial charge in [0, 0.05) is 17.0 Å². The first-order valence-corrected chi connectivity index (χ1v) is 7.68. The quantitative estimate of drug-likeness (QED) is 0.471. The Labute approximate surface area is 131 Å². The Morgan fingerprint density at radius 3 is 2.36 bits per heavy atom. The molecule has 1 saturated carbocycles. The lowest BCUT2D eigenvalue weighted by Crippen LogP contribution is -2.60. The molecule has 22 heavy (non-hydrogen) atoms. The number of rotatable bonds is 6. The second-order valence-corrected chi connectivity index (χ2v) is 6.66. The van der Waals surface area contributed by atoms with Gasteiger partial charge in [0.1, 0.15) is 5.54 Å². The third-order valence-corrected chi connectivity index (χ3v) is 4.82. The van der Waals surface area contributed by atoms with Gasteiger partial charge in [-0.25, -0.2) is 4.79 Å². The van der Waals surface area contributed by atoms with Crippen LogP contribution in [-0.4, -0.2) is 32.7 Å². The second-order valence-electron chi connectivity index (χ2n) is 5.24. The van der Waals surface area contributed by atoms with Crippen LogP contribution < -0.4 is 5.32 Å². The molecule has 1 aromatic carbocycles. The van der Waals surface area contributed by atoms with Gasteiger partial charge < -0.3 is 10.4 Å². The Morgan fingerprint density at radius 2 is 1.95 bits per heavy atom. The Balaban J connectivity index is 1.96. The molecule has 2 N–H and O–H groups in total. The summed E-state index contributed by atoms with van der Waals surface area (Å²) < 4.78 is 0. The van der Waals surface area contributed by atoms with Crippen molar-refractivity contribution in [1.82, 2.24) is 5.32 Å². The van der Waals surface area contributed by atoms with Gasteiger partial charge in [-0.15, -0.1) is 11.8 Å². The van der Waals surface area contributed by atoms with E-state index in [1.807, 2.05) is 0 Å². The maximum absolute atomic E-state index is 12.1. The third-order valence-electron chi connectivity index (χ3n) is 3.71. The van der Waals surface area contributed by atoms with Crippen LogP contribution in [0.2, 0.25) is 0 Å². The van der Waals surface area contributed by atoms with Gasteiger partial charge in [0.05, 0.1) is 10.2 Å². The number of nitro groups is 1. The molecule has 0 spiro atoms. The number of hydrogen-bond donors (Lipinski definition) is 2. The molecule has 1 aromatic rings. The standard InChI is InChI=1S/C14H16N2O5S/c1-9(12(17)15-14(13(18)19)7-2-8-14)22-11-5-3-10(4-6-11)16(20)21/h3-6,9H,2,7-8H2,1H3,(H,15,17)(H,18,19). The lowest BCUT2D eigenvalue weighted by Gasteiger charge is -2.38. The molecule has 0 aliphatic heterocycles. The molecule has 0 saturated heterocycles. The van der Waals surface area contributed by atoms with Crippen molar-refractivity contribution < 1.29 is 19.6 Å². The van der Waals surface area contributed by atoms with Crippen LogP contribution in [0.5, 0.6) is 0 Å². The van der Waals surface area contributed by atoms with E-state index in [0.29, 0.717) is 17.7 Å². The molecule has 0 heterocycles. The maximum Gasteiger partial charge on any atom is 0.329 e. The fourth-order valence-corrected chi connectivity index (χ4v) is 3.03. The van der Waals surface area contributed by atoms with Crippen molar-refractivity contribution in [3.8, 4) is 0 Å². The van der Waals surface area contributed by atoms with Crippen LogP contribution in [0.1, 0.15) is 26.2 Å². The Kier molecular flexibility index (Phi) is 4.70. The number of carbonyl (C=O) groups excluding carboxylic acids is 1. The number of carboxylic acid groups (broad SMARTS) is 1. The highest BCUT2D eigenvalue weighted by molar-refractivity contribution is 8.00. The van der Waals surface area contributed by atoms with E-state index in [0.717, 1.165) is 6.42 Å². The van der Waals surface area contributed by atoms with Gasteiger partial charge >= 0.3 is 5.97 Å². The summed E-state index contributed by atoms with van der Waals surface area (Å²) in [7, 11) is 0. The summed E-state index contributed by atoms with van der Waals surface area (Å²) >= 11 is 1.23. The molecule has 0 radical (unpaired) electrons. The van der Waals surface area contributed by atoms with Crippen LogP contribution in [0.4, 0.5) is 5.69 Å². The number of nitrogens with zero attached hydrogens (tertiary/aromatic N) is 1. The number of thioether (sulfide) groups is 1. The normalized spacial score (nSPS) is 17.1. The minimum absolute atomic E-state index is 0.0132. The van der Waals surface area contributed by atoms with Gasteiger partial charge in [-0.2, -0.15) is 0 Å². The van der Waals surface area contributed by atoms with E-state index in [1.54, 1.807) is 19.1 Å². The third kappa shape index (κ3) is 3.38. The molecular weight excluding hydrogens is 308 g/mol. The highest BCUT2D eigenvalue weighted by Crippen LogP contribution is 2.33. The average Bonchev–Trinajstić information content (AvgIpc) is 2.42. The predicted octanol–water partition coefficient (Wildman–Crippen LogP) is 2.20. The number of benzene rings is 1. The molecule has 8 heteroatoms. The minimum atomic E-state index is -1.12. The SMILES string of the molecule is CC(Sc1ccc([N+](=O)[O-])cc1)C(=O)NC1(C(=O)O)CCC1. The number of carbonyl (C=O) groups is 2. The lowest BCUT2D eigenvalue weighted by atomic mass is 9.76. The Bertz CT molecular complexity index is 598. The average molecular weight is 324 g/mol. The number of nitrogens with one attached hydrogen (secondary N) is 1. The van der Waals surface area contributed by atoms with Crippen molar-refractivity contribution in [2.24, 2.45) is 0 Å². The number of non-ortho nitro benzene ring substituents is 1. The molecule has 1 atom stereocenters. The van der Waals surface area contributed by atoms with Crippen molar-refractivity contribution in [3.05, 3.63) is 34.4 Å². The number of amides is 1. The van der Waals surface area contributed by atoms with Crippen LogP contribution in [-0.2, 0) is 9.59 Å². The van der Waals surface area contributed by atoms with Crippen LogP contribution in [0.15, 0.2) is 29.2 Å². The van der Waals surface area contributed by atoms with E-state index in [9.17, 15) is 24.8 Å². The van der Waals surface area contributed by atoms with E-state index < -0.39 is 21.7 Å². The van der Waals surface area contributed by atoms with E-state index in [-0.39, 0.29) is 11.6 Å². The van der Waals surface area contributed by atoms with Crippen LogP contribution >= 0.6 is 11.8 Å². The molecule has 1 fully saturated rings. The number of carboxylic acids is 1. The molecular formula is C14H16N2O5S. The van der Waals surface area contributed by atoms with Gasteiger partial charge in [0.15, 0.2) is 0 Å². The largest absolute Gasteiger partial charge is 0.480 e. The van der Waals surface area contributed by atoms with Crippen LogP contribution in [0.3, 0.4) is 0 Å².